The van der Waals surface area contributed by atoms with Gasteiger partial charge in [-0.2, -0.15) is 0 Å². The molecule has 0 aromatic heterocycles. The molecule has 2 unspecified atom stereocenters. The predicted octanol–water partition coefficient (Wildman–Crippen LogP) is 3.74. The molecule has 0 amide bonds. The van der Waals surface area contributed by atoms with Crippen LogP contribution in [0.4, 0.5) is 0 Å². The van der Waals surface area contributed by atoms with E-state index in [0.29, 0.717) is 28.4 Å². The highest BCUT2D eigenvalue weighted by molar-refractivity contribution is 7.52. The van der Waals surface area contributed by atoms with Crippen LogP contribution in [0.3, 0.4) is 0 Å². The van der Waals surface area contributed by atoms with Crippen LogP contribution in [0.1, 0.15) is 24.0 Å². The molecular weight excluding hydrogens is 371 g/mol. The van der Waals surface area contributed by atoms with Gasteiger partial charge in [0.25, 0.3) is 0 Å². The van der Waals surface area contributed by atoms with Crippen LogP contribution in [-0.2, 0) is 20.0 Å². The van der Waals surface area contributed by atoms with Gasteiger partial charge in [0.15, 0.2) is 11.5 Å². The Hall–Kier alpha value is -2.50. The number of hydrogen-bond donors (Lipinski definition) is 1. The van der Waals surface area contributed by atoms with Crippen molar-refractivity contribution in [2.45, 2.75) is 19.0 Å². The van der Waals surface area contributed by atoms with Crippen molar-refractivity contribution >= 4 is 13.6 Å². The van der Waals surface area contributed by atoms with Crippen LogP contribution >= 0.6 is 7.60 Å². The molecule has 0 radical (unpaired) electrons. The topological polar surface area (TPSA) is 91.3 Å². The number of ether oxygens (including phenoxy) is 3. The smallest absolute Gasteiger partial charge is 0.383 e. The molecule has 2 aromatic carbocycles. The second-order valence-corrected chi connectivity index (χ2v) is 7.61. The zero-order valence-electron chi connectivity index (χ0n) is 15.7. The number of rotatable bonds is 8. The van der Waals surface area contributed by atoms with Gasteiger partial charge in [-0.3, -0.25) is 4.79 Å². The molecule has 0 fully saturated rings. The zero-order valence-corrected chi connectivity index (χ0v) is 16.6. The Morgan fingerprint density at radius 1 is 1.00 bits per heavy atom. The van der Waals surface area contributed by atoms with E-state index in [4.69, 9.17) is 18.7 Å². The van der Waals surface area contributed by atoms with E-state index in [-0.39, 0.29) is 6.16 Å². The Bertz CT molecular complexity index is 835. The van der Waals surface area contributed by atoms with Crippen LogP contribution < -0.4 is 14.2 Å². The minimum Gasteiger partial charge on any atom is -0.493 e. The summed E-state index contributed by atoms with van der Waals surface area (Å²) < 4.78 is 33.2. The Balaban J connectivity index is 2.23. The molecule has 0 aliphatic carbocycles. The number of benzene rings is 2. The molecule has 0 aliphatic rings. The fraction of sp³-hybridized carbons (Fsp3) is 0.316. The van der Waals surface area contributed by atoms with E-state index < -0.39 is 19.5 Å². The van der Waals surface area contributed by atoms with Crippen molar-refractivity contribution in [2.75, 3.05) is 21.3 Å². The molecule has 27 heavy (non-hydrogen) atoms. The second kappa shape index (κ2) is 8.93. The molecule has 0 heterocycles. The first kappa shape index (κ1) is 20.8. The summed E-state index contributed by atoms with van der Waals surface area (Å²) in [5.74, 6) is -0.611. The SMILES string of the molecule is COc1ccc(C(C)C(=O)OP(=O)(O)Cc2ccccc2)c(OC)c1OC. The maximum atomic E-state index is 12.5. The summed E-state index contributed by atoms with van der Waals surface area (Å²) in [6, 6.07) is 11.9. The average molecular weight is 394 g/mol. The van der Waals surface area contributed by atoms with Crippen LogP contribution in [0.25, 0.3) is 0 Å². The van der Waals surface area contributed by atoms with Gasteiger partial charge in [-0.25, -0.2) is 4.57 Å². The lowest BCUT2D eigenvalue weighted by Gasteiger charge is -2.20. The summed E-state index contributed by atoms with van der Waals surface area (Å²) in [5, 5.41) is 0. The lowest BCUT2D eigenvalue weighted by molar-refractivity contribution is -0.136. The van der Waals surface area contributed by atoms with Gasteiger partial charge < -0.3 is 23.6 Å². The third-order valence-electron chi connectivity index (χ3n) is 4.01. The van der Waals surface area contributed by atoms with Gasteiger partial charge in [-0.1, -0.05) is 36.4 Å². The monoisotopic (exact) mass is 394 g/mol. The standard InChI is InChI=1S/C19H23O7P/c1-13(15-10-11-16(23-2)18(25-4)17(15)24-3)19(20)26-27(21,22)12-14-8-6-5-7-9-14/h5-11,13H,12H2,1-4H3,(H,21,22). The summed E-state index contributed by atoms with van der Waals surface area (Å²) in [4.78, 5) is 22.6. The Kier molecular flexibility index (Phi) is 6.88. The van der Waals surface area contributed by atoms with Gasteiger partial charge in [0.1, 0.15) is 0 Å². The van der Waals surface area contributed by atoms with Crippen molar-refractivity contribution in [3.63, 3.8) is 0 Å². The summed E-state index contributed by atoms with van der Waals surface area (Å²) in [7, 11) is 0.227. The lowest BCUT2D eigenvalue weighted by atomic mass is 9.99. The Morgan fingerprint density at radius 3 is 2.19 bits per heavy atom. The predicted molar refractivity (Wildman–Crippen MR) is 101 cm³/mol. The third-order valence-corrected chi connectivity index (χ3v) is 5.24. The fourth-order valence-electron chi connectivity index (χ4n) is 2.66. The molecule has 1 N–H and O–H groups in total. The van der Waals surface area contributed by atoms with Crippen molar-refractivity contribution in [2.24, 2.45) is 0 Å². The van der Waals surface area contributed by atoms with E-state index in [2.05, 4.69) is 0 Å². The van der Waals surface area contributed by atoms with Gasteiger partial charge in [0.05, 0.1) is 33.4 Å². The second-order valence-electron chi connectivity index (χ2n) is 5.84. The summed E-state index contributed by atoms with van der Waals surface area (Å²) >= 11 is 0. The van der Waals surface area contributed by atoms with E-state index in [0.717, 1.165) is 0 Å². The minimum atomic E-state index is -4.15. The highest BCUT2D eigenvalue weighted by atomic mass is 31.2. The molecule has 146 valence electrons. The van der Waals surface area contributed by atoms with Crippen molar-refractivity contribution in [1.29, 1.82) is 0 Å². The van der Waals surface area contributed by atoms with Gasteiger partial charge in [0.2, 0.25) is 5.75 Å². The zero-order chi connectivity index (χ0) is 20.0. The molecule has 2 rings (SSSR count). The van der Waals surface area contributed by atoms with E-state index in [1.807, 2.05) is 0 Å². The molecule has 2 aromatic rings. The van der Waals surface area contributed by atoms with Crippen LogP contribution in [0.5, 0.6) is 17.2 Å². The van der Waals surface area contributed by atoms with E-state index in [1.54, 1.807) is 49.4 Å². The molecular formula is C19H23O7P. The Morgan fingerprint density at radius 2 is 1.63 bits per heavy atom. The van der Waals surface area contributed by atoms with Crippen LogP contribution in [0.15, 0.2) is 42.5 Å². The van der Waals surface area contributed by atoms with Gasteiger partial charge >= 0.3 is 13.6 Å². The number of carbonyl (C=O) groups is 1. The quantitative estimate of drug-likeness (QED) is 0.682. The molecule has 7 nitrogen and oxygen atoms in total. The first-order chi connectivity index (χ1) is 12.8. The van der Waals surface area contributed by atoms with Crippen molar-refractivity contribution in [3.05, 3.63) is 53.6 Å². The molecule has 0 bridgehead atoms. The van der Waals surface area contributed by atoms with Gasteiger partial charge in [0, 0.05) is 5.56 Å². The molecule has 0 saturated heterocycles. The molecule has 0 aliphatic heterocycles. The van der Waals surface area contributed by atoms with E-state index in [9.17, 15) is 14.3 Å². The number of hydrogen-bond acceptors (Lipinski definition) is 6. The third kappa shape index (κ3) is 5.02. The normalized spacial score (nSPS) is 14.0. The average Bonchev–Trinajstić information content (AvgIpc) is 2.65. The van der Waals surface area contributed by atoms with E-state index in [1.165, 1.54) is 21.3 Å². The molecule has 2 atom stereocenters. The first-order valence-electron chi connectivity index (χ1n) is 8.21. The lowest BCUT2D eigenvalue weighted by Crippen LogP contribution is -2.14. The summed E-state index contributed by atoms with van der Waals surface area (Å²) in [6.07, 6.45) is -0.255. The van der Waals surface area contributed by atoms with Gasteiger partial charge in [-0.05, 0) is 18.6 Å². The molecule has 8 heteroatoms. The summed E-state index contributed by atoms with van der Waals surface area (Å²) in [5.41, 5.74) is 1.06. The number of methoxy groups -OCH3 is 3. The summed E-state index contributed by atoms with van der Waals surface area (Å²) in [6.45, 7) is 1.56. The van der Waals surface area contributed by atoms with Crippen molar-refractivity contribution < 1.29 is 33.0 Å². The molecule has 0 saturated carbocycles. The fourth-order valence-corrected chi connectivity index (χ4v) is 3.83. The van der Waals surface area contributed by atoms with Crippen LogP contribution in [0.2, 0.25) is 0 Å². The molecule has 0 spiro atoms. The highest BCUT2D eigenvalue weighted by Crippen LogP contribution is 2.48. The minimum absolute atomic E-state index is 0.255. The maximum absolute atomic E-state index is 12.5. The van der Waals surface area contributed by atoms with Gasteiger partial charge in [-0.15, -0.1) is 0 Å². The van der Waals surface area contributed by atoms with Crippen LogP contribution in [0, 0.1) is 0 Å². The van der Waals surface area contributed by atoms with Crippen molar-refractivity contribution in [3.8, 4) is 17.2 Å². The van der Waals surface area contributed by atoms with Crippen molar-refractivity contribution in [1.82, 2.24) is 0 Å². The maximum Gasteiger partial charge on any atom is 0.383 e. The Labute approximate surface area is 158 Å². The first-order valence-corrected chi connectivity index (χ1v) is 9.97. The van der Waals surface area contributed by atoms with Crippen LogP contribution in [-0.4, -0.2) is 32.2 Å². The largest absolute Gasteiger partial charge is 0.493 e. The number of carbonyl (C=O) groups excluding carboxylic acids is 1. The highest BCUT2D eigenvalue weighted by Gasteiger charge is 2.31. The van der Waals surface area contributed by atoms with E-state index >= 15 is 0 Å².